The van der Waals surface area contributed by atoms with Gasteiger partial charge in [0.05, 0.1) is 23.6 Å². The number of ether oxygens (including phenoxy) is 1. The van der Waals surface area contributed by atoms with Crippen molar-refractivity contribution in [2.75, 3.05) is 38.1 Å². The van der Waals surface area contributed by atoms with Crippen LogP contribution in [-0.2, 0) is 32.4 Å². The van der Waals surface area contributed by atoms with Crippen LogP contribution in [-0.4, -0.2) is 68.0 Å². The van der Waals surface area contributed by atoms with Gasteiger partial charge in [-0.1, -0.05) is 37.6 Å². The van der Waals surface area contributed by atoms with Gasteiger partial charge in [0.15, 0.2) is 0 Å². The Balaban J connectivity index is 1.28. The highest BCUT2D eigenvalue weighted by atomic mass is 32.2. The number of hydrogen-bond donors (Lipinski definition) is 1. The van der Waals surface area contributed by atoms with Crippen LogP contribution in [0.4, 0.5) is 5.69 Å². The second-order valence-electron chi connectivity index (χ2n) is 12.2. The van der Waals surface area contributed by atoms with Crippen molar-refractivity contribution in [1.29, 1.82) is 0 Å². The summed E-state index contributed by atoms with van der Waals surface area (Å²) in [6, 6.07) is 13.2. The Hall–Kier alpha value is -2.26. The van der Waals surface area contributed by atoms with Crippen molar-refractivity contribution in [2.45, 2.75) is 82.3 Å². The molecule has 2 aliphatic heterocycles. The number of aryl methyl sites for hydroxylation is 3. The zero-order valence-corrected chi connectivity index (χ0v) is 24.4. The molecule has 0 bridgehead atoms. The highest BCUT2D eigenvalue weighted by Crippen LogP contribution is 2.35. The van der Waals surface area contributed by atoms with Gasteiger partial charge < -0.3 is 10.1 Å². The number of anilines is 1. The molecule has 8 heteroatoms. The summed E-state index contributed by atoms with van der Waals surface area (Å²) in [5.41, 5.74) is 4.01. The average molecular weight is 554 g/mol. The SMILES string of the molecule is Cc1ccc(S(=O)(=O)N2CC3(CCCN(CC(=O)Nc4ccc5c(c4)CCCC5)C3)OC[C@@H]2CC(C)C)cc1. The summed E-state index contributed by atoms with van der Waals surface area (Å²) in [4.78, 5) is 15.5. The minimum atomic E-state index is -3.68. The molecule has 1 amide bonds. The molecule has 0 saturated carbocycles. The molecule has 2 aromatic carbocycles. The molecule has 1 unspecified atom stereocenters. The van der Waals surface area contributed by atoms with Crippen LogP contribution in [0.25, 0.3) is 0 Å². The van der Waals surface area contributed by atoms with E-state index < -0.39 is 15.6 Å². The first-order chi connectivity index (χ1) is 18.6. The van der Waals surface area contributed by atoms with E-state index in [1.165, 1.54) is 24.0 Å². The molecule has 2 saturated heterocycles. The Bertz CT molecular complexity index is 1280. The van der Waals surface area contributed by atoms with Crippen LogP contribution >= 0.6 is 0 Å². The van der Waals surface area contributed by atoms with E-state index in [1.54, 1.807) is 16.4 Å². The number of nitrogens with one attached hydrogen (secondary N) is 1. The summed E-state index contributed by atoms with van der Waals surface area (Å²) in [7, 11) is -3.68. The van der Waals surface area contributed by atoms with E-state index in [4.69, 9.17) is 4.74 Å². The second kappa shape index (κ2) is 11.7. The number of carbonyl (C=O) groups excluding carboxylic acids is 1. The van der Waals surface area contributed by atoms with E-state index in [0.717, 1.165) is 49.9 Å². The molecule has 1 N–H and O–H groups in total. The largest absolute Gasteiger partial charge is 0.371 e. The van der Waals surface area contributed by atoms with Crippen LogP contribution in [0.3, 0.4) is 0 Å². The molecule has 7 nitrogen and oxygen atoms in total. The number of carbonyl (C=O) groups is 1. The number of benzene rings is 2. The van der Waals surface area contributed by atoms with Crippen LogP contribution < -0.4 is 5.32 Å². The molecule has 2 fully saturated rings. The summed E-state index contributed by atoms with van der Waals surface area (Å²) < 4.78 is 36.0. The molecular weight excluding hydrogens is 510 g/mol. The molecule has 2 heterocycles. The molecule has 1 spiro atoms. The van der Waals surface area contributed by atoms with Gasteiger partial charge in [-0.05, 0) is 99.7 Å². The lowest BCUT2D eigenvalue weighted by Gasteiger charge is -2.50. The summed E-state index contributed by atoms with van der Waals surface area (Å²) in [6.07, 6.45) is 7.02. The Kier molecular flexibility index (Phi) is 8.48. The van der Waals surface area contributed by atoms with E-state index in [1.807, 2.05) is 25.1 Å². The quantitative estimate of drug-likeness (QED) is 0.534. The van der Waals surface area contributed by atoms with E-state index in [0.29, 0.717) is 30.5 Å². The molecule has 2 aromatic rings. The van der Waals surface area contributed by atoms with Crippen molar-refractivity contribution in [3.8, 4) is 0 Å². The van der Waals surface area contributed by atoms with E-state index >= 15 is 0 Å². The first-order valence-electron chi connectivity index (χ1n) is 14.5. The predicted octanol–water partition coefficient (Wildman–Crippen LogP) is 4.78. The molecule has 2 atom stereocenters. The van der Waals surface area contributed by atoms with Gasteiger partial charge >= 0.3 is 0 Å². The Morgan fingerprint density at radius 1 is 1.05 bits per heavy atom. The van der Waals surface area contributed by atoms with E-state index in [2.05, 4.69) is 36.2 Å². The Labute approximate surface area is 234 Å². The molecule has 0 radical (unpaired) electrons. The van der Waals surface area contributed by atoms with Crippen LogP contribution in [0.2, 0.25) is 0 Å². The molecule has 0 aromatic heterocycles. The Morgan fingerprint density at radius 2 is 1.79 bits per heavy atom. The maximum atomic E-state index is 13.9. The van der Waals surface area contributed by atoms with Crippen LogP contribution in [0.1, 0.15) is 62.6 Å². The van der Waals surface area contributed by atoms with Crippen molar-refractivity contribution >= 4 is 21.6 Å². The topological polar surface area (TPSA) is 79.0 Å². The van der Waals surface area contributed by atoms with Gasteiger partial charge in [-0.3, -0.25) is 9.69 Å². The van der Waals surface area contributed by atoms with E-state index in [-0.39, 0.29) is 18.5 Å². The van der Waals surface area contributed by atoms with Gasteiger partial charge in [0.1, 0.15) is 0 Å². The minimum absolute atomic E-state index is 0.0413. The highest BCUT2D eigenvalue weighted by molar-refractivity contribution is 7.89. The van der Waals surface area contributed by atoms with Gasteiger partial charge in [-0.15, -0.1) is 0 Å². The normalized spacial score (nSPS) is 24.6. The summed E-state index contributed by atoms with van der Waals surface area (Å²) in [5, 5.41) is 3.09. The third kappa shape index (κ3) is 6.56. The standard InChI is InChI=1S/C31H43N3O4S/c1-23(2)17-28-20-38-31(22-34(28)39(36,37)29-13-9-24(3)10-14-29)15-6-16-33(21-31)19-30(35)32-27-12-11-25-7-4-5-8-26(25)18-27/h9-14,18,23,28H,4-8,15-17,19-22H2,1-3H3,(H,32,35)/t28-,31?/m0/s1. The molecule has 5 rings (SSSR count). The third-order valence-corrected chi connectivity index (χ3v) is 10.3. The first-order valence-corrected chi connectivity index (χ1v) is 15.9. The van der Waals surface area contributed by atoms with Crippen molar-refractivity contribution in [3.05, 3.63) is 59.2 Å². The second-order valence-corrected chi connectivity index (χ2v) is 14.1. The van der Waals surface area contributed by atoms with Gasteiger partial charge in [-0.2, -0.15) is 4.31 Å². The average Bonchev–Trinajstić information content (AvgIpc) is 2.90. The zero-order chi connectivity index (χ0) is 27.6. The summed E-state index contributed by atoms with van der Waals surface area (Å²) in [6.45, 7) is 8.47. The summed E-state index contributed by atoms with van der Waals surface area (Å²) in [5.74, 6) is 0.305. The number of hydrogen-bond acceptors (Lipinski definition) is 5. The van der Waals surface area contributed by atoms with E-state index in [9.17, 15) is 13.2 Å². The lowest BCUT2D eigenvalue weighted by Crippen LogP contribution is -2.64. The number of nitrogens with zero attached hydrogens (tertiary/aromatic N) is 2. The highest BCUT2D eigenvalue weighted by Gasteiger charge is 2.47. The molecule has 1 aliphatic carbocycles. The third-order valence-electron chi connectivity index (χ3n) is 8.42. The van der Waals surface area contributed by atoms with Gasteiger partial charge in [0, 0.05) is 24.8 Å². The van der Waals surface area contributed by atoms with Crippen molar-refractivity contribution in [1.82, 2.24) is 9.21 Å². The van der Waals surface area contributed by atoms with Crippen molar-refractivity contribution in [2.24, 2.45) is 5.92 Å². The fraction of sp³-hybridized carbons (Fsp3) is 0.581. The van der Waals surface area contributed by atoms with Gasteiger partial charge in [0.2, 0.25) is 15.9 Å². The fourth-order valence-electron chi connectivity index (χ4n) is 6.46. The maximum absolute atomic E-state index is 13.9. The number of morpholine rings is 1. The number of amides is 1. The van der Waals surface area contributed by atoms with Crippen molar-refractivity contribution in [3.63, 3.8) is 0 Å². The first kappa shape index (κ1) is 28.3. The smallest absolute Gasteiger partial charge is 0.243 e. The number of rotatable bonds is 7. The Morgan fingerprint density at radius 3 is 2.54 bits per heavy atom. The monoisotopic (exact) mass is 553 g/mol. The fourth-order valence-corrected chi connectivity index (χ4v) is 8.15. The predicted molar refractivity (Wildman–Crippen MR) is 154 cm³/mol. The number of sulfonamides is 1. The molecular formula is C31H43N3O4S. The number of fused-ring (bicyclic) bond motifs is 1. The molecule has 212 valence electrons. The summed E-state index contributed by atoms with van der Waals surface area (Å²) >= 11 is 0. The lowest BCUT2D eigenvalue weighted by atomic mass is 9.89. The van der Waals surface area contributed by atoms with Crippen molar-refractivity contribution < 1.29 is 17.9 Å². The maximum Gasteiger partial charge on any atom is 0.243 e. The van der Waals surface area contributed by atoms with Crippen LogP contribution in [0.5, 0.6) is 0 Å². The lowest BCUT2D eigenvalue weighted by molar-refractivity contribution is -0.146. The zero-order valence-electron chi connectivity index (χ0n) is 23.6. The minimum Gasteiger partial charge on any atom is -0.371 e. The molecule has 3 aliphatic rings. The number of piperidine rings is 1. The van der Waals surface area contributed by atoms with Gasteiger partial charge in [0.25, 0.3) is 0 Å². The molecule has 39 heavy (non-hydrogen) atoms. The number of likely N-dealkylation sites (tertiary alicyclic amines) is 1. The van der Waals surface area contributed by atoms with Crippen LogP contribution in [0.15, 0.2) is 47.4 Å². The van der Waals surface area contributed by atoms with Gasteiger partial charge in [-0.25, -0.2) is 8.42 Å². The van der Waals surface area contributed by atoms with Crippen LogP contribution in [0, 0.1) is 12.8 Å².